The van der Waals surface area contributed by atoms with Crippen molar-refractivity contribution >= 4 is 5.91 Å². The van der Waals surface area contributed by atoms with Crippen LogP contribution in [-0.4, -0.2) is 36.1 Å². The summed E-state index contributed by atoms with van der Waals surface area (Å²) in [6, 6.07) is 4.24. The molecule has 0 aromatic heterocycles. The van der Waals surface area contributed by atoms with Crippen LogP contribution in [0.1, 0.15) is 11.1 Å². The molecule has 0 aliphatic heterocycles. The number of primary amides is 1. The molecule has 0 atom stereocenters. The van der Waals surface area contributed by atoms with Gasteiger partial charge in [0, 0.05) is 12.1 Å². The van der Waals surface area contributed by atoms with Gasteiger partial charge in [-0.25, -0.2) is 4.39 Å². The van der Waals surface area contributed by atoms with Crippen molar-refractivity contribution in [3.63, 3.8) is 0 Å². The topological polar surface area (TPSA) is 66.6 Å². The lowest BCUT2D eigenvalue weighted by Crippen LogP contribution is -2.30. The highest BCUT2D eigenvalue weighted by atomic mass is 19.1. The van der Waals surface area contributed by atoms with Crippen molar-refractivity contribution in [1.82, 2.24) is 4.90 Å². The fraction of sp³-hybridized carbons (Fsp3) is 0.308. The smallest absolute Gasteiger partial charge is 0.231 e. The molecule has 18 heavy (non-hydrogen) atoms. The van der Waals surface area contributed by atoms with Crippen molar-refractivity contribution in [3.05, 3.63) is 35.1 Å². The van der Waals surface area contributed by atoms with Gasteiger partial charge in [-0.15, -0.1) is 0 Å². The second-order valence-corrected chi connectivity index (χ2v) is 3.90. The fourth-order valence-corrected chi connectivity index (χ4v) is 1.55. The molecule has 0 bridgehead atoms. The molecule has 0 aliphatic carbocycles. The van der Waals surface area contributed by atoms with Crippen LogP contribution in [-0.2, 0) is 11.3 Å². The van der Waals surface area contributed by atoms with Crippen LogP contribution < -0.4 is 5.73 Å². The predicted octanol–water partition coefficient (Wildman–Crippen LogP) is 0.0866. The third-order valence-corrected chi connectivity index (χ3v) is 2.24. The van der Waals surface area contributed by atoms with Crippen molar-refractivity contribution < 1.29 is 14.3 Å². The molecule has 1 aromatic carbocycles. The Morgan fingerprint density at radius 1 is 1.56 bits per heavy atom. The molecule has 4 nitrogen and oxygen atoms in total. The van der Waals surface area contributed by atoms with E-state index < -0.39 is 11.7 Å². The number of aliphatic hydroxyl groups excluding tert-OH is 1. The Labute approximate surface area is 105 Å². The van der Waals surface area contributed by atoms with Gasteiger partial charge in [0.15, 0.2) is 0 Å². The SMILES string of the molecule is CN(CC(N)=O)Cc1ccc(F)cc1C#CCO. The molecule has 0 fully saturated rings. The van der Waals surface area contributed by atoms with Gasteiger partial charge >= 0.3 is 0 Å². The van der Waals surface area contributed by atoms with Gasteiger partial charge in [-0.05, 0) is 24.7 Å². The zero-order chi connectivity index (χ0) is 13.5. The number of aliphatic hydroxyl groups is 1. The minimum atomic E-state index is -0.428. The van der Waals surface area contributed by atoms with Gasteiger partial charge in [-0.2, -0.15) is 0 Å². The van der Waals surface area contributed by atoms with Crippen LogP contribution in [0.15, 0.2) is 18.2 Å². The quantitative estimate of drug-likeness (QED) is 0.744. The molecule has 0 spiro atoms. The zero-order valence-corrected chi connectivity index (χ0v) is 10.1. The molecule has 1 aromatic rings. The first-order valence-electron chi connectivity index (χ1n) is 5.38. The molecule has 3 N–H and O–H groups in total. The van der Waals surface area contributed by atoms with E-state index in [1.165, 1.54) is 12.1 Å². The molecule has 0 heterocycles. The first-order chi connectivity index (χ1) is 8.52. The Morgan fingerprint density at radius 2 is 2.28 bits per heavy atom. The average molecular weight is 250 g/mol. The highest BCUT2D eigenvalue weighted by molar-refractivity contribution is 5.75. The van der Waals surface area contributed by atoms with Crippen LogP contribution in [0.2, 0.25) is 0 Å². The molecule has 0 saturated carbocycles. The number of nitrogens with two attached hydrogens (primary N) is 1. The Hall–Kier alpha value is -1.90. The van der Waals surface area contributed by atoms with Gasteiger partial charge in [-0.3, -0.25) is 9.69 Å². The largest absolute Gasteiger partial charge is 0.384 e. The van der Waals surface area contributed by atoms with Crippen molar-refractivity contribution in [2.75, 3.05) is 20.2 Å². The van der Waals surface area contributed by atoms with E-state index in [0.29, 0.717) is 12.1 Å². The summed E-state index contributed by atoms with van der Waals surface area (Å²) in [7, 11) is 1.73. The van der Waals surface area contributed by atoms with E-state index in [0.717, 1.165) is 5.56 Å². The van der Waals surface area contributed by atoms with E-state index >= 15 is 0 Å². The standard InChI is InChI=1S/C13H15FN2O2/c1-16(9-13(15)18)8-11-4-5-12(14)7-10(11)3-2-6-17/h4-5,7,17H,6,8-9H2,1H3,(H2,15,18). The summed E-state index contributed by atoms with van der Waals surface area (Å²) in [6.07, 6.45) is 0. The van der Waals surface area contributed by atoms with E-state index in [2.05, 4.69) is 11.8 Å². The third kappa shape index (κ3) is 4.53. The number of nitrogens with zero attached hydrogens (tertiary/aromatic N) is 1. The van der Waals surface area contributed by atoms with Gasteiger partial charge in [0.25, 0.3) is 0 Å². The average Bonchev–Trinajstić information content (AvgIpc) is 2.28. The van der Waals surface area contributed by atoms with Gasteiger partial charge in [0.2, 0.25) is 5.91 Å². The van der Waals surface area contributed by atoms with Crippen molar-refractivity contribution in [2.45, 2.75) is 6.54 Å². The molecular weight excluding hydrogens is 235 g/mol. The number of carbonyl (C=O) groups excluding carboxylic acids is 1. The summed E-state index contributed by atoms with van der Waals surface area (Å²) in [5.41, 5.74) is 6.37. The Balaban J connectivity index is 2.90. The summed E-state index contributed by atoms with van der Waals surface area (Å²) in [5, 5.41) is 8.65. The first-order valence-corrected chi connectivity index (χ1v) is 5.38. The Morgan fingerprint density at radius 3 is 2.89 bits per heavy atom. The lowest BCUT2D eigenvalue weighted by Gasteiger charge is -2.15. The predicted molar refractivity (Wildman–Crippen MR) is 65.9 cm³/mol. The maximum atomic E-state index is 13.1. The molecule has 0 aliphatic rings. The number of amides is 1. The van der Waals surface area contributed by atoms with Crippen LogP contribution >= 0.6 is 0 Å². The molecule has 1 amide bonds. The summed E-state index contributed by atoms with van der Waals surface area (Å²) >= 11 is 0. The van der Waals surface area contributed by atoms with Gasteiger partial charge in [0.05, 0.1) is 6.54 Å². The molecular formula is C13H15FN2O2. The number of carbonyl (C=O) groups is 1. The van der Waals surface area contributed by atoms with Crippen molar-refractivity contribution in [1.29, 1.82) is 0 Å². The van der Waals surface area contributed by atoms with Crippen molar-refractivity contribution in [3.8, 4) is 11.8 Å². The zero-order valence-electron chi connectivity index (χ0n) is 10.1. The number of rotatable bonds is 4. The summed E-state index contributed by atoms with van der Waals surface area (Å²) < 4.78 is 13.1. The summed E-state index contributed by atoms with van der Waals surface area (Å²) in [5.74, 6) is 4.34. The second kappa shape index (κ2) is 6.74. The van der Waals surface area contributed by atoms with Crippen molar-refractivity contribution in [2.24, 2.45) is 5.73 Å². The lowest BCUT2D eigenvalue weighted by molar-refractivity contribution is -0.118. The van der Waals surface area contributed by atoms with E-state index in [9.17, 15) is 9.18 Å². The summed E-state index contributed by atoms with van der Waals surface area (Å²) in [4.78, 5) is 12.5. The second-order valence-electron chi connectivity index (χ2n) is 3.90. The van der Waals surface area contributed by atoms with Crippen LogP contribution in [0, 0.1) is 17.7 Å². The first kappa shape index (κ1) is 14.2. The molecule has 0 saturated heterocycles. The number of benzene rings is 1. The van der Waals surface area contributed by atoms with E-state index in [1.54, 1.807) is 18.0 Å². The van der Waals surface area contributed by atoms with Crippen LogP contribution in [0.25, 0.3) is 0 Å². The molecule has 5 heteroatoms. The van der Waals surface area contributed by atoms with Crippen LogP contribution in [0.3, 0.4) is 0 Å². The minimum Gasteiger partial charge on any atom is -0.384 e. The van der Waals surface area contributed by atoms with E-state index in [1.807, 2.05) is 0 Å². The summed E-state index contributed by atoms with van der Waals surface area (Å²) in [6.45, 7) is 0.260. The van der Waals surface area contributed by atoms with Gasteiger partial charge in [-0.1, -0.05) is 17.9 Å². The Kier molecular flexibility index (Phi) is 5.31. The number of hydrogen-bond donors (Lipinski definition) is 2. The monoisotopic (exact) mass is 250 g/mol. The van der Waals surface area contributed by atoms with Crippen LogP contribution in [0.5, 0.6) is 0 Å². The Bertz CT molecular complexity index is 491. The van der Waals surface area contributed by atoms with E-state index in [4.69, 9.17) is 10.8 Å². The molecule has 1 rings (SSSR count). The number of likely N-dealkylation sites (N-methyl/N-ethyl adjacent to an activating group) is 1. The third-order valence-electron chi connectivity index (χ3n) is 2.24. The normalized spacial score (nSPS) is 10.0. The number of halogens is 1. The molecule has 0 unspecified atom stereocenters. The lowest BCUT2D eigenvalue weighted by atomic mass is 10.1. The molecule has 96 valence electrons. The van der Waals surface area contributed by atoms with Crippen LogP contribution in [0.4, 0.5) is 4.39 Å². The van der Waals surface area contributed by atoms with Gasteiger partial charge in [0.1, 0.15) is 12.4 Å². The van der Waals surface area contributed by atoms with E-state index in [-0.39, 0.29) is 13.2 Å². The number of hydrogen-bond acceptors (Lipinski definition) is 3. The van der Waals surface area contributed by atoms with Gasteiger partial charge < -0.3 is 10.8 Å². The maximum absolute atomic E-state index is 13.1. The fourth-order valence-electron chi connectivity index (χ4n) is 1.55. The highest BCUT2D eigenvalue weighted by Gasteiger charge is 2.07. The minimum absolute atomic E-state index is 0.115. The molecule has 0 radical (unpaired) electrons. The maximum Gasteiger partial charge on any atom is 0.231 e. The highest BCUT2D eigenvalue weighted by Crippen LogP contribution is 2.12.